The van der Waals surface area contributed by atoms with Crippen LogP contribution in [0.3, 0.4) is 0 Å². The van der Waals surface area contributed by atoms with Crippen LogP contribution in [0.1, 0.15) is 51.6 Å². The summed E-state index contributed by atoms with van der Waals surface area (Å²) in [5.41, 5.74) is 1.36. The van der Waals surface area contributed by atoms with Crippen molar-refractivity contribution in [2.24, 2.45) is 0 Å². The van der Waals surface area contributed by atoms with Crippen molar-refractivity contribution in [3.05, 3.63) is 23.9 Å². The van der Waals surface area contributed by atoms with E-state index in [1.807, 2.05) is 6.20 Å². The fraction of sp³-hybridized carbons (Fsp3) is 0.667. The zero-order valence-corrected chi connectivity index (χ0v) is 11.8. The van der Waals surface area contributed by atoms with Gasteiger partial charge in [-0.3, -0.25) is 4.90 Å². The minimum Gasteiger partial charge on any atom is -0.370 e. The van der Waals surface area contributed by atoms with Crippen LogP contribution in [0, 0.1) is 0 Å². The van der Waals surface area contributed by atoms with E-state index in [0.717, 1.165) is 18.8 Å². The molecule has 1 fully saturated rings. The van der Waals surface area contributed by atoms with Gasteiger partial charge in [0.15, 0.2) is 0 Å². The zero-order chi connectivity index (χ0) is 13.0. The fourth-order valence-corrected chi connectivity index (χ4v) is 2.73. The molecule has 2 heterocycles. The highest BCUT2D eigenvalue weighted by atomic mass is 15.2. The monoisotopic (exact) mass is 247 g/mol. The number of anilines is 1. The molecule has 100 valence electrons. The van der Waals surface area contributed by atoms with E-state index in [4.69, 9.17) is 0 Å². The maximum absolute atomic E-state index is 4.52. The van der Waals surface area contributed by atoms with E-state index >= 15 is 0 Å². The second-order valence-corrected chi connectivity index (χ2v) is 5.39. The van der Waals surface area contributed by atoms with E-state index in [1.165, 1.54) is 24.9 Å². The second kappa shape index (κ2) is 6.19. The number of aromatic nitrogens is 1. The van der Waals surface area contributed by atoms with Crippen molar-refractivity contribution in [3.63, 3.8) is 0 Å². The molecule has 0 aromatic carbocycles. The smallest absolute Gasteiger partial charge is 0.125 e. The summed E-state index contributed by atoms with van der Waals surface area (Å²) < 4.78 is 0. The Kier molecular flexibility index (Phi) is 4.59. The van der Waals surface area contributed by atoms with Crippen LogP contribution >= 0.6 is 0 Å². The van der Waals surface area contributed by atoms with Gasteiger partial charge < -0.3 is 5.32 Å². The molecule has 1 aromatic heterocycles. The van der Waals surface area contributed by atoms with Gasteiger partial charge in [-0.25, -0.2) is 4.98 Å². The number of likely N-dealkylation sites (tertiary alicyclic amines) is 1. The molecule has 18 heavy (non-hydrogen) atoms. The van der Waals surface area contributed by atoms with Gasteiger partial charge in [-0.2, -0.15) is 0 Å². The predicted molar refractivity (Wildman–Crippen MR) is 76.8 cm³/mol. The lowest BCUT2D eigenvalue weighted by Gasteiger charge is -2.28. The Morgan fingerprint density at radius 1 is 1.44 bits per heavy atom. The first-order valence-electron chi connectivity index (χ1n) is 7.18. The summed E-state index contributed by atoms with van der Waals surface area (Å²) >= 11 is 0. The summed E-state index contributed by atoms with van der Waals surface area (Å²) in [7, 11) is 0. The van der Waals surface area contributed by atoms with Crippen LogP contribution in [0.4, 0.5) is 5.82 Å². The molecule has 0 saturated carbocycles. The Bertz CT molecular complexity index is 359. The van der Waals surface area contributed by atoms with Gasteiger partial charge in [-0.05, 0) is 51.3 Å². The van der Waals surface area contributed by atoms with E-state index in [1.54, 1.807) is 0 Å². The van der Waals surface area contributed by atoms with Crippen molar-refractivity contribution in [3.8, 4) is 0 Å². The third-order valence-electron chi connectivity index (χ3n) is 3.68. The normalized spacial score (nSPS) is 20.6. The SMILES string of the molecule is CCCNc1ccc(C2CCCN2C(C)C)cn1. The standard InChI is InChI=1S/C15H25N3/c1-4-9-16-15-8-7-13(11-17-15)14-6-5-10-18(14)12(2)3/h7-8,11-12,14H,4-6,9-10H2,1-3H3,(H,16,17). The quantitative estimate of drug-likeness (QED) is 0.864. The van der Waals surface area contributed by atoms with Crippen LogP contribution in [0.2, 0.25) is 0 Å². The molecular formula is C15H25N3. The van der Waals surface area contributed by atoms with Crippen molar-refractivity contribution < 1.29 is 0 Å². The van der Waals surface area contributed by atoms with Gasteiger partial charge in [0.25, 0.3) is 0 Å². The molecule has 0 aliphatic carbocycles. The molecule has 1 aliphatic heterocycles. The first-order chi connectivity index (χ1) is 8.72. The molecule has 1 unspecified atom stereocenters. The Hall–Kier alpha value is -1.09. The van der Waals surface area contributed by atoms with Gasteiger partial charge in [-0.15, -0.1) is 0 Å². The van der Waals surface area contributed by atoms with Gasteiger partial charge in [0.2, 0.25) is 0 Å². The molecule has 0 radical (unpaired) electrons. The van der Waals surface area contributed by atoms with Crippen molar-refractivity contribution >= 4 is 5.82 Å². The molecule has 3 heteroatoms. The first kappa shape index (κ1) is 13.3. The first-order valence-corrected chi connectivity index (χ1v) is 7.18. The fourth-order valence-electron chi connectivity index (χ4n) is 2.73. The van der Waals surface area contributed by atoms with Crippen LogP contribution in [0.5, 0.6) is 0 Å². The molecule has 1 aliphatic rings. The van der Waals surface area contributed by atoms with Gasteiger partial charge in [0.05, 0.1) is 0 Å². The predicted octanol–water partition coefficient (Wildman–Crippen LogP) is 3.45. The van der Waals surface area contributed by atoms with Crippen LogP contribution in [-0.4, -0.2) is 29.0 Å². The van der Waals surface area contributed by atoms with E-state index in [0.29, 0.717) is 12.1 Å². The number of hydrogen-bond donors (Lipinski definition) is 1. The summed E-state index contributed by atoms with van der Waals surface area (Å²) in [6.45, 7) is 8.94. The summed E-state index contributed by atoms with van der Waals surface area (Å²) in [6, 6.07) is 5.53. The number of nitrogens with zero attached hydrogens (tertiary/aromatic N) is 2. The molecule has 0 spiro atoms. The zero-order valence-electron chi connectivity index (χ0n) is 11.8. The van der Waals surface area contributed by atoms with Gasteiger partial charge in [0, 0.05) is 24.8 Å². The molecule has 1 atom stereocenters. The lowest BCUT2D eigenvalue weighted by Crippen LogP contribution is -2.30. The highest BCUT2D eigenvalue weighted by Crippen LogP contribution is 2.33. The molecule has 0 amide bonds. The van der Waals surface area contributed by atoms with Crippen molar-refractivity contribution in [2.45, 2.75) is 52.1 Å². The van der Waals surface area contributed by atoms with E-state index < -0.39 is 0 Å². The molecule has 2 rings (SSSR count). The van der Waals surface area contributed by atoms with Crippen LogP contribution in [-0.2, 0) is 0 Å². The topological polar surface area (TPSA) is 28.2 Å². The van der Waals surface area contributed by atoms with Crippen LogP contribution < -0.4 is 5.32 Å². The summed E-state index contributed by atoms with van der Waals surface area (Å²) in [5.74, 6) is 0.995. The molecule has 3 nitrogen and oxygen atoms in total. The highest BCUT2D eigenvalue weighted by molar-refractivity contribution is 5.36. The number of nitrogens with one attached hydrogen (secondary N) is 1. The molecule has 1 N–H and O–H groups in total. The van der Waals surface area contributed by atoms with E-state index in [9.17, 15) is 0 Å². The number of hydrogen-bond acceptors (Lipinski definition) is 3. The Morgan fingerprint density at radius 3 is 2.89 bits per heavy atom. The summed E-state index contributed by atoms with van der Waals surface area (Å²) in [4.78, 5) is 7.10. The summed E-state index contributed by atoms with van der Waals surface area (Å²) in [6.07, 6.45) is 5.75. The van der Waals surface area contributed by atoms with Crippen molar-refractivity contribution in [2.75, 3.05) is 18.4 Å². The molecule has 0 bridgehead atoms. The number of pyridine rings is 1. The van der Waals surface area contributed by atoms with Gasteiger partial charge >= 0.3 is 0 Å². The van der Waals surface area contributed by atoms with Crippen molar-refractivity contribution in [1.29, 1.82) is 0 Å². The Balaban J connectivity index is 2.04. The summed E-state index contributed by atoms with van der Waals surface area (Å²) in [5, 5.41) is 3.32. The maximum atomic E-state index is 4.52. The van der Waals surface area contributed by atoms with E-state index in [2.05, 4.69) is 48.1 Å². The molecule has 1 saturated heterocycles. The van der Waals surface area contributed by atoms with Crippen molar-refractivity contribution in [1.82, 2.24) is 9.88 Å². The van der Waals surface area contributed by atoms with Crippen LogP contribution in [0.15, 0.2) is 18.3 Å². The highest BCUT2D eigenvalue weighted by Gasteiger charge is 2.27. The lowest BCUT2D eigenvalue weighted by molar-refractivity contribution is 0.205. The lowest BCUT2D eigenvalue weighted by atomic mass is 10.1. The van der Waals surface area contributed by atoms with Crippen LogP contribution in [0.25, 0.3) is 0 Å². The van der Waals surface area contributed by atoms with E-state index in [-0.39, 0.29) is 0 Å². The number of rotatable bonds is 5. The molecule has 1 aromatic rings. The average molecular weight is 247 g/mol. The Morgan fingerprint density at radius 2 is 2.28 bits per heavy atom. The third-order valence-corrected chi connectivity index (χ3v) is 3.68. The Labute approximate surface area is 111 Å². The second-order valence-electron chi connectivity index (χ2n) is 5.39. The average Bonchev–Trinajstić information content (AvgIpc) is 2.86. The minimum atomic E-state index is 0.567. The van der Waals surface area contributed by atoms with Gasteiger partial charge in [-0.1, -0.05) is 13.0 Å². The maximum Gasteiger partial charge on any atom is 0.125 e. The van der Waals surface area contributed by atoms with Gasteiger partial charge in [0.1, 0.15) is 5.82 Å². The minimum absolute atomic E-state index is 0.567. The third kappa shape index (κ3) is 3.02. The molecular weight excluding hydrogens is 222 g/mol. The largest absolute Gasteiger partial charge is 0.370 e.